The van der Waals surface area contributed by atoms with Gasteiger partial charge in [-0.2, -0.15) is 0 Å². The summed E-state index contributed by atoms with van der Waals surface area (Å²) < 4.78 is 0. The Balaban J connectivity index is 0.000000160. The Bertz CT molecular complexity index is 285. The molecule has 0 atom stereocenters. The van der Waals surface area contributed by atoms with E-state index in [0.717, 1.165) is 0 Å². The van der Waals surface area contributed by atoms with Crippen molar-refractivity contribution >= 4 is 6.08 Å². The minimum absolute atomic E-state index is 1.17. The molecule has 86 valence electrons. The van der Waals surface area contributed by atoms with E-state index in [1.165, 1.54) is 44.1 Å². The maximum Gasteiger partial charge on any atom is -0.0263 e. The van der Waals surface area contributed by atoms with E-state index < -0.39 is 0 Å². The first kappa shape index (κ1) is 12.8. The lowest BCUT2D eigenvalue weighted by Gasteiger charge is -2.00. The van der Waals surface area contributed by atoms with Gasteiger partial charge >= 0.3 is 0 Å². The lowest BCUT2D eigenvalue weighted by atomic mass is 10.1. The molecule has 1 aromatic carbocycles. The van der Waals surface area contributed by atoms with Crippen LogP contribution in [0.15, 0.2) is 49.1 Å². The predicted octanol–water partition coefficient (Wildman–Crippen LogP) is 5.23. The zero-order chi connectivity index (χ0) is 11.5. The Morgan fingerprint density at radius 3 is 1.81 bits per heavy atom. The van der Waals surface area contributed by atoms with Crippen LogP contribution >= 0.6 is 0 Å². The lowest BCUT2D eigenvalue weighted by molar-refractivity contribution is 0.638. The monoisotopic (exact) mass is 214 g/mol. The molecule has 0 aliphatic heterocycles. The van der Waals surface area contributed by atoms with Crippen molar-refractivity contribution in [1.29, 1.82) is 0 Å². The van der Waals surface area contributed by atoms with Crippen LogP contribution < -0.4 is 0 Å². The molecule has 0 spiro atoms. The molecule has 1 aromatic rings. The van der Waals surface area contributed by atoms with Crippen LogP contribution in [0.2, 0.25) is 0 Å². The van der Waals surface area contributed by atoms with Crippen molar-refractivity contribution in [3.8, 4) is 0 Å². The fourth-order valence-corrected chi connectivity index (χ4v) is 1.70. The molecule has 0 bridgehead atoms. The van der Waals surface area contributed by atoms with E-state index in [9.17, 15) is 0 Å². The van der Waals surface area contributed by atoms with Gasteiger partial charge in [-0.05, 0) is 31.2 Å². The highest BCUT2D eigenvalue weighted by Gasteiger charge is 1.89. The van der Waals surface area contributed by atoms with E-state index in [1.807, 2.05) is 36.4 Å². The summed E-state index contributed by atoms with van der Waals surface area (Å²) >= 11 is 0. The average molecular weight is 214 g/mol. The summed E-state index contributed by atoms with van der Waals surface area (Å²) in [6.45, 7) is 3.63. The predicted molar refractivity (Wildman–Crippen MR) is 73.4 cm³/mol. The van der Waals surface area contributed by atoms with Crippen molar-refractivity contribution in [2.75, 3.05) is 0 Å². The molecule has 0 aromatic heterocycles. The van der Waals surface area contributed by atoms with Gasteiger partial charge in [-0.25, -0.2) is 0 Å². The normalized spacial score (nSPS) is 15.2. The number of benzene rings is 1. The Kier molecular flexibility index (Phi) is 7.15. The highest BCUT2D eigenvalue weighted by Crippen LogP contribution is 2.09. The van der Waals surface area contributed by atoms with Crippen molar-refractivity contribution in [2.45, 2.75) is 38.5 Å². The van der Waals surface area contributed by atoms with Crippen LogP contribution in [0, 0.1) is 0 Å². The minimum Gasteiger partial charge on any atom is -0.0985 e. The van der Waals surface area contributed by atoms with Crippen LogP contribution in [-0.4, -0.2) is 0 Å². The molecule has 16 heavy (non-hydrogen) atoms. The summed E-state index contributed by atoms with van der Waals surface area (Å²) in [6.07, 6.45) is 14.8. The van der Waals surface area contributed by atoms with E-state index in [2.05, 4.69) is 18.7 Å². The van der Waals surface area contributed by atoms with Crippen molar-refractivity contribution in [3.05, 3.63) is 54.6 Å². The minimum atomic E-state index is 1.17. The first-order chi connectivity index (χ1) is 7.93. The van der Waals surface area contributed by atoms with Crippen LogP contribution in [0.4, 0.5) is 0 Å². The highest BCUT2D eigenvalue weighted by molar-refractivity contribution is 5.45. The second-order valence-corrected chi connectivity index (χ2v) is 4.08. The maximum atomic E-state index is 3.63. The van der Waals surface area contributed by atoms with Gasteiger partial charge in [0.25, 0.3) is 0 Å². The molecular weight excluding hydrogens is 192 g/mol. The van der Waals surface area contributed by atoms with Crippen LogP contribution in [0.3, 0.4) is 0 Å². The van der Waals surface area contributed by atoms with E-state index >= 15 is 0 Å². The molecule has 0 amide bonds. The van der Waals surface area contributed by atoms with Gasteiger partial charge in [-0.1, -0.05) is 68.0 Å². The Labute approximate surface area is 99.7 Å². The first-order valence-corrected chi connectivity index (χ1v) is 6.26. The molecule has 0 fully saturated rings. The summed E-state index contributed by atoms with van der Waals surface area (Å²) in [5.74, 6) is 0. The topological polar surface area (TPSA) is 0 Å². The molecule has 1 aliphatic rings. The molecule has 0 unspecified atom stereocenters. The Hall–Kier alpha value is -1.30. The number of allylic oxidation sites excluding steroid dienone is 2. The van der Waals surface area contributed by atoms with Crippen LogP contribution in [0.25, 0.3) is 6.08 Å². The SMILES string of the molecule is C1=CCCCCCC1.C=Cc1ccccc1. The van der Waals surface area contributed by atoms with Crippen LogP contribution in [0.5, 0.6) is 0 Å². The molecule has 1 aliphatic carbocycles. The smallest absolute Gasteiger partial charge is 0.0263 e. The molecule has 0 heteroatoms. The van der Waals surface area contributed by atoms with Gasteiger partial charge < -0.3 is 0 Å². The average Bonchev–Trinajstić information content (AvgIpc) is 2.30. The summed E-state index contributed by atoms with van der Waals surface area (Å²) in [6, 6.07) is 10.0. The van der Waals surface area contributed by atoms with E-state index in [1.54, 1.807) is 0 Å². The van der Waals surface area contributed by atoms with Gasteiger partial charge in [0.2, 0.25) is 0 Å². The third-order valence-corrected chi connectivity index (χ3v) is 2.69. The van der Waals surface area contributed by atoms with Crippen LogP contribution in [0.1, 0.15) is 44.1 Å². The van der Waals surface area contributed by atoms with E-state index in [-0.39, 0.29) is 0 Å². The zero-order valence-electron chi connectivity index (χ0n) is 10.1. The standard InChI is InChI=1S/C8H8.C8H14/c1-2-8-6-4-3-5-7-8;1-2-4-6-8-7-5-3-1/h2-7H,1H2;1-2H,3-8H2. The third kappa shape index (κ3) is 6.23. The number of hydrogen-bond donors (Lipinski definition) is 0. The summed E-state index contributed by atoms with van der Waals surface area (Å²) in [4.78, 5) is 0. The summed E-state index contributed by atoms with van der Waals surface area (Å²) in [7, 11) is 0. The van der Waals surface area contributed by atoms with Crippen molar-refractivity contribution in [2.24, 2.45) is 0 Å². The van der Waals surface area contributed by atoms with Gasteiger partial charge in [-0.3, -0.25) is 0 Å². The van der Waals surface area contributed by atoms with Gasteiger partial charge in [0, 0.05) is 0 Å². The molecule has 0 N–H and O–H groups in total. The molecule has 0 saturated heterocycles. The maximum absolute atomic E-state index is 3.63. The first-order valence-electron chi connectivity index (χ1n) is 6.26. The fourth-order valence-electron chi connectivity index (χ4n) is 1.70. The molecule has 0 radical (unpaired) electrons. The molecular formula is C16H22. The second kappa shape index (κ2) is 8.96. The van der Waals surface area contributed by atoms with Crippen molar-refractivity contribution in [3.63, 3.8) is 0 Å². The third-order valence-electron chi connectivity index (χ3n) is 2.69. The largest absolute Gasteiger partial charge is 0.0985 e. The van der Waals surface area contributed by atoms with E-state index in [4.69, 9.17) is 0 Å². The quantitative estimate of drug-likeness (QED) is 0.562. The summed E-state index contributed by atoms with van der Waals surface area (Å²) in [5, 5.41) is 0. The number of hydrogen-bond acceptors (Lipinski definition) is 0. The molecule has 0 heterocycles. The molecule has 0 nitrogen and oxygen atoms in total. The highest BCUT2D eigenvalue weighted by atomic mass is 14.0. The van der Waals surface area contributed by atoms with Gasteiger partial charge in [0.05, 0.1) is 0 Å². The second-order valence-electron chi connectivity index (χ2n) is 4.08. The Morgan fingerprint density at radius 2 is 1.38 bits per heavy atom. The molecule has 0 saturated carbocycles. The van der Waals surface area contributed by atoms with E-state index in [0.29, 0.717) is 0 Å². The molecule has 2 rings (SSSR count). The van der Waals surface area contributed by atoms with Gasteiger partial charge in [-0.15, -0.1) is 0 Å². The lowest BCUT2D eigenvalue weighted by Crippen LogP contribution is -1.80. The van der Waals surface area contributed by atoms with Crippen molar-refractivity contribution < 1.29 is 0 Å². The van der Waals surface area contributed by atoms with Gasteiger partial charge in [0.1, 0.15) is 0 Å². The van der Waals surface area contributed by atoms with Crippen LogP contribution in [-0.2, 0) is 0 Å². The van der Waals surface area contributed by atoms with Gasteiger partial charge in [0.15, 0.2) is 0 Å². The van der Waals surface area contributed by atoms with Crippen molar-refractivity contribution in [1.82, 2.24) is 0 Å². The number of rotatable bonds is 1. The zero-order valence-corrected chi connectivity index (χ0v) is 10.1. The Morgan fingerprint density at radius 1 is 0.812 bits per heavy atom. The fraction of sp³-hybridized carbons (Fsp3) is 0.375. The summed E-state index contributed by atoms with van der Waals surface area (Å²) in [5.41, 5.74) is 1.17.